The van der Waals surface area contributed by atoms with E-state index < -0.39 is 43.8 Å². The molecule has 0 aromatic heterocycles. The number of nitrogens with zero attached hydrogens (tertiary/aromatic N) is 2. The second-order valence-corrected chi connectivity index (χ2v) is 7.03. The van der Waals surface area contributed by atoms with Crippen LogP contribution < -0.4 is 5.32 Å². The number of hydrogen-bond acceptors (Lipinski definition) is 7. The number of halogens is 1. The Labute approximate surface area is 159 Å². The van der Waals surface area contributed by atoms with Gasteiger partial charge >= 0.3 is 0 Å². The molecule has 0 saturated carbocycles. The molecule has 0 fully saturated rings. The lowest BCUT2D eigenvalue weighted by atomic mass is 10.3. The van der Waals surface area contributed by atoms with Gasteiger partial charge in [0.2, 0.25) is 0 Å². The van der Waals surface area contributed by atoms with E-state index in [2.05, 4.69) is 15.5 Å². The summed E-state index contributed by atoms with van der Waals surface area (Å²) < 4.78 is 31.6. The average Bonchev–Trinajstić information content (AvgIpc) is 2.57. The normalized spacial score (nSPS) is 12.7. The van der Waals surface area contributed by atoms with Gasteiger partial charge in [0.15, 0.2) is 11.4 Å². The summed E-state index contributed by atoms with van der Waals surface area (Å²) >= 11 is 5.75. The second kappa shape index (κ2) is 8.16. The number of rotatable bonds is 5. The molecule has 11 heteroatoms. The van der Waals surface area contributed by atoms with Crippen LogP contribution in [-0.4, -0.2) is 29.1 Å². The van der Waals surface area contributed by atoms with Gasteiger partial charge in [-0.3, -0.25) is 9.35 Å². The minimum absolute atomic E-state index is 0.158. The summed E-state index contributed by atoms with van der Waals surface area (Å²) in [7, 11) is -4.77. The van der Waals surface area contributed by atoms with Crippen molar-refractivity contribution in [3.8, 4) is 5.75 Å². The van der Waals surface area contributed by atoms with Crippen molar-refractivity contribution >= 4 is 39.0 Å². The van der Waals surface area contributed by atoms with E-state index in [1.165, 1.54) is 6.92 Å². The zero-order valence-corrected chi connectivity index (χ0v) is 15.4. The number of anilines is 1. The maximum atomic E-state index is 12.2. The first-order chi connectivity index (χ1) is 12.6. The molecule has 0 aliphatic heterocycles. The number of phenols is 1. The lowest BCUT2D eigenvalue weighted by Crippen LogP contribution is -2.14. The Bertz CT molecular complexity index is 1030. The number of benzene rings is 2. The SMILES string of the molecule is C/C(O)=C(/N=Nc1cc(Cl)cc(S(=O)(=O)O)c1O)C(=O)Nc1ccccc1. The number of nitrogens with one attached hydrogen (secondary N) is 1. The number of carbonyl (C=O) groups is 1. The maximum Gasteiger partial charge on any atom is 0.298 e. The largest absolute Gasteiger partial charge is 0.510 e. The van der Waals surface area contributed by atoms with Crippen LogP contribution in [0.25, 0.3) is 0 Å². The van der Waals surface area contributed by atoms with Gasteiger partial charge in [-0.15, -0.1) is 10.2 Å². The van der Waals surface area contributed by atoms with Crippen molar-refractivity contribution < 1.29 is 28.0 Å². The topological polar surface area (TPSA) is 149 Å². The number of hydrogen-bond donors (Lipinski definition) is 4. The van der Waals surface area contributed by atoms with Crippen LogP contribution in [0.1, 0.15) is 6.92 Å². The summed E-state index contributed by atoms with van der Waals surface area (Å²) in [6.45, 7) is 1.19. The first-order valence-electron chi connectivity index (χ1n) is 7.27. The molecule has 9 nitrogen and oxygen atoms in total. The molecular weight excluding hydrogens is 398 g/mol. The molecule has 0 radical (unpaired) electrons. The highest BCUT2D eigenvalue weighted by Gasteiger charge is 2.20. The molecule has 0 bridgehead atoms. The van der Waals surface area contributed by atoms with Gasteiger partial charge in [0.05, 0.1) is 0 Å². The van der Waals surface area contributed by atoms with Crippen LogP contribution in [-0.2, 0) is 14.9 Å². The average molecular weight is 412 g/mol. The van der Waals surface area contributed by atoms with Crippen molar-refractivity contribution in [1.29, 1.82) is 0 Å². The van der Waals surface area contributed by atoms with Gasteiger partial charge in [0.1, 0.15) is 16.3 Å². The van der Waals surface area contributed by atoms with E-state index in [1.54, 1.807) is 30.3 Å². The van der Waals surface area contributed by atoms with Crippen LogP contribution >= 0.6 is 11.6 Å². The molecule has 4 N–H and O–H groups in total. The first kappa shape index (κ1) is 20.4. The van der Waals surface area contributed by atoms with Crippen molar-refractivity contribution in [2.75, 3.05) is 5.32 Å². The van der Waals surface area contributed by atoms with Gasteiger partial charge in [-0.25, -0.2) is 0 Å². The van der Waals surface area contributed by atoms with Crippen molar-refractivity contribution in [1.82, 2.24) is 0 Å². The minimum atomic E-state index is -4.77. The molecule has 27 heavy (non-hydrogen) atoms. The van der Waals surface area contributed by atoms with Gasteiger partial charge < -0.3 is 15.5 Å². The fourth-order valence-electron chi connectivity index (χ4n) is 1.93. The van der Waals surface area contributed by atoms with E-state index in [9.17, 15) is 23.4 Å². The zero-order chi connectivity index (χ0) is 20.2. The van der Waals surface area contributed by atoms with Crippen LogP contribution in [0.4, 0.5) is 11.4 Å². The van der Waals surface area contributed by atoms with Crippen LogP contribution in [0.5, 0.6) is 5.75 Å². The van der Waals surface area contributed by atoms with E-state index in [4.69, 9.17) is 16.2 Å². The van der Waals surface area contributed by atoms with E-state index in [-0.39, 0.29) is 5.02 Å². The first-order valence-corrected chi connectivity index (χ1v) is 9.09. The number of aliphatic hydroxyl groups excluding tert-OH is 1. The van der Waals surface area contributed by atoms with Gasteiger partial charge in [-0.1, -0.05) is 29.8 Å². The Morgan fingerprint density at radius 3 is 2.37 bits per heavy atom. The molecule has 0 unspecified atom stereocenters. The molecule has 0 aliphatic carbocycles. The van der Waals surface area contributed by atoms with Crippen molar-refractivity contribution in [3.05, 3.63) is 58.9 Å². The Kier molecular flexibility index (Phi) is 6.16. The Balaban J connectivity index is 2.38. The maximum absolute atomic E-state index is 12.2. The summed E-state index contributed by atoms with van der Waals surface area (Å²) in [5, 5.41) is 29.1. The number of para-hydroxylation sites is 1. The van der Waals surface area contributed by atoms with E-state index in [0.29, 0.717) is 5.69 Å². The number of allylic oxidation sites excluding steroid dienone is 1. The van der Waals surface area contributed by atoms with Gasteiger partial charge in [0.25, 0.3) is 16.0 Å². The fourth-order valence-corrected chi connectivity index (χ4v) is 2.83. The number of azo groups is 1. The lowest BCUT2D eigenvalue weighted by molar-refractivity contribution is -0.113. The monoisotopic (exact) mass is 411 g/mol. The number of phenolic OH excluding ortho intramolecular Hbond substituents is 1. The third-order valence-electron chi connectivity index (χ3n) is 3.14. The molecule has 0 saturated heterocycles. The molecule has 1 amide bonds. The van der Waals surface area contributed by atoms with E-state index >= 15 is 0 Å². The Morgan fingerprint density at radius 1 is 1.19 bits per heavy atom. The molecule has 2 aromatic carbocycles. The van der Waals surface area contributed by atoms with Gasteiger partial charge in [-0.2, -0.15) is 8.42 Å². The highest BCUT2D eigenvalue weighted by molar-refractivity contribution is 7.86. The summed E-state index contributed by atoms with van der Waals surface area (Å²) in [6.07, 6.45) is 0. The summed E-state index contributed by atoms with van der Waals surface area (Å²) in [6, 6.07) is 10.2. The minimum Gasteiger partial charge on any atom is -0.510 e. The molecular formula is C16H14ClN3O6S. The Morgan fingerprint density at radius 2 is 1.81 bits per heavy atom. The molecule has 0 spiro atoms. The van der Waals surface area contributed by atoms with E-state index in [1.807, 2.05) is 0 Å². The fraction of sp³-hybridized carbons (Fsp3) is 0.0625. The lowest BCUT2D eigenvalue weighted by Gasteiger charge is -2.07. The zero-order valence-electron chi connectivity index (χ0n) is 13.8. The molecule has 142 valence electrons. The van der Waals surface area contributed by atoms with Crippen LogP contribution in [0, 0.1) is 0 Å². The number of aliphatic hydroxyl groups is 1. The highest BCUT2D eigenvalue weighted by atomic mass is 35.5. The molecule has 0 aliphatic rings. The summed E-state index contributed by atoms with van der Waals surface area (Å²) in [5.41, 5.74) is -0.469. The van der Waals surface area contributed by atoms with Crippen molar-refractivity contribution in [3.63, 3.8) is 0 Å². The standard InChI is InChI=1S/C16H14ClN3O6S/c1-9(21)14(16(23)18-11-5-3-2-4-6-11)20-19-12-7-10(17)8-13(15(12)22)27(24,25)26/h2-8,21-22H,1H3,(H,18,23)(H,24,25,26)/b14-9-,20-19?. The van der Waals surface area contributed by atoms with Crippen molar-refractivity contribution in [2.45, 2.75) is 11.8 Å². The number of carbonyl (C=O) groups excluding carboxylic acids is 1. The second-order valence-electron chi connectivity index (χ2n) is 5.20. The molecule has 0 atom stereocenters. The summed E-state index contributed by atoms with van der Waals surface area (Å²) in [5.74, 6) is -2.17. The molecule has 2 aromatic rings. The summed E-state index contributed by atoms with van der Waals surface area (Å²) in [4.78, 5) is 11.4. The third-order valence-corrected chi connectivity index (χ3v) is 4.23. The van der Waals surface area contributed by atoms with Crippen molar-refractivity contribution in [2.24, 2.45) is 10.2 Å². The van der Waals surface area contributed by atoms with Crippen LogP contribution in [0.15, 0.2) is 69.0 Å². The van der Waals surface area contributed by atoms with Crippen LogP contribution in [0.3, 0.4) is 0 Å². The van der Waals surface area contributed by atoms with Gasteiger partial charge in [0, 0.05) is 10.7 Å². The quantitative estimate of drug-likeness (QED) is 0.254. The Hall–Kier alpha value is -2.95. The third kappa shape index (κ3) is 5.26. The number of aromatic hydroxyl groups is 1. The highest BCUT2D eigenvalue weighted by Crippen LogP contribution is 2.37. The predicted molar refractivity (Wildman–Crippen MR) is 97.8 cm³/mol. The van der Waals surface area contributed by atoms with Gasteiger partial charge in [-0.05, 0) is 31.2 Å². The predicted octanol–water partition coefficient (Wildman–Crippen LogP) is 3.80. The molecule has 2 rings (SSSR count). The number of amides is 1. The smallest absolute Gasteiger partial charge is 0.298 e. The molecule has 0 heterocycles. The van der Waals surface area contributed by atoms with Crippen LogP contribution in [0.2, 0.25) is 5.02 Å². The van der Waals surface area contributed by atoms with E-state index in [0.717, 1.165) is 12.1 Å².